The van der Waals surface area contributed by atoms with E-state index in [0.717, 1.165) is 21.8 Å². The van der Waals surface area contributed by atoms with Crippen LogP contribution in [0.2, 0.25) is 0 Å². The number of aromatic nitrogens is 2. The number of fused-ring (bicyclic) bond motifs is 3. The lowest BCUT2D eigenvalue weighted by Crippen LogP contribution is -2.03. The molecule has 0 saturated carbocycles. The molecule has 0 atom stereocenters. The lowest BCUT2D eigenvalue weighted by Gasteiger charge is -2.09. The molecule has 0 spiro atoms. The molecule has 114 valence electrons. The molecule has 0 amide bonds. The van der Waals surface area contributed by atoms with Crippen LogP contribution in [0, 0.1) is 0 Å². The Kier molecular flexibility index (Phi) is 3.58. The summed E-state index contributed by atoms with van der Waals surface area (Å²) >= 11 is 0. The number of H-pyrrole nitrogens is 1. The minimum Gasteiger partial charge on any atom is -0.493 e. The van der Waals surface area contributed by atoms with Gasteiger partial charge in [0.05, 0.1) is 37.4 Å². The van der Waals surface area contributed by atoms with Crippen molar-refractivity contribution in [3.05, 3.63) is 30.1 Å². The van der Waals surface area contributed by atoms with Gasteiger partial charge in [0.25, 0.3) is 0 Å². The highest BCUT2D eigenvalue weighted by atomic mass is 16.5. The number of methoxy groups -OCH3 is 2. The second kappa shape index (κ2) is 5.55. The zero-order valence-electron chi connectivity index (χ0n) is 12.6. The average Bonchev–Trinajstić information content (AvgIpc) is 2.98. The van der Waals surface area contributed by atoms with Gasteiger partial charge in [-0.2, -0.15) is 0 Å². The van der Waals surface area contributed by atoms with Crippen LogP contribution in [-0.2, 0) is 4.74 Å². The van der Waals surface area contributed by atoms with Crippen LogP contribution >= 0.6 is 0 Å². The number of ether oxygens (including phenoxy) is 3. The van der Waals surface area contributed by atoms with Gasteiger partial charge in [0.15, 0.2) is 11.5 Å². The quantitative estimate of drug-likeness (QED) is 0.750. The van der Waals surface area contributed by atoms with E-state index in [1.165, 1.54) is 0 Å². The standard InChI is InChI=1S/C16H16N2O4/c1-4-22-16(19)11-8-18-15-9-5-13(20-2)14(21-3)6-12(9)17-7-10(11)15/h5-8,18H,4H2,1-3H3. The molecule has 0 unspecified atom stereocenters. The monoisotopic (exact) mass is 300 g/mol. The van der Waals surface area contributed by atoms with E-state index in [1.54, 1.807) is 39.6 Å². The van der Waals surface area contributed by atoms with Crippen molar-refractivity contribution < 1.29 is 19.0 Å². The molecular formula is C16H16N2O4. The molecule has 0 aliphatic carbocycles. The van der Waals surface area contributed by atoms with Crippen molar-refractivity contribution in [1.82, 2.24) is 9.97 Å². The predicted molar refractivity (Wildman–Crippen MR) is 82.7 cm³/mol. The van der Waals surface area contributed by atoms with E-state index < -0.39 is 0 Å². The Hall–Kier alpha value is -2.76. The lowest BCUT2D eigenvalue weighted by molar-refractivity contribution is 0.0528. The molecule has 3 rings (SSSR count). The molecule has 2 heterocycles. The van der Waals surface area contributed by atoms with Gasteiger partial charge in [0.2, 0.25) is 0 Å². The topological polar surface area (TPSA) is 73.4 Å². The molecule has 22 heavy (non-hydrogen) atoms. The fourth-order valence-corrected chi connectivity index (χ4v) is 2.48. The van der Waals surface area contributed by atoms with Gasteiger partial charge >= 0.3 is 5.97 Å². The predicted octanol–water partition coefficient (Wildman–Crippen LogP) is 2.91. The summed E-state index contributed by atoms with van der Waals surface area (Å²) < 4.78 is 15.7. The fourth-order valence-electron chi connectivity index (χ4n) is 2.48. The number of nitrogens with one attached hydrogen (secondary N) is 1. The third-order valence-electron chi connectivity index (χ3n) is 3.52. The Balaban J connectivity index is 2.25. The number of hydrogen-bond donors (Lipinski definition) is 1. The van der Waals surface area contributed by atoms with Crippen molar-refractivity contribution >= 4 is 27.8 Å². The van der Waals surface area contributed by atoms with Crippen LogP contribution in [0.3, 0.4) is 0 Å². The Morgan fingerprint density at radius 3 is 2.59 bits per heavy atom. The van der Waals surface area contributed by atoms with Crippen LogP contribution in [0.25, 0.3) is 21.8 Å². The van der Waals surface area contributed by atoms with Crippen LogP contribution in [0.4, 0.5) is 0 Å². The second-order valence-electron chi connectivity index (χ2n) is 4.69. The summed E-state index contributed by atoms with van der Waals surface area (Å²) in [7, 11) is 3.16. The number of esters is 1. The Labute approximate surface area is 127 Å². The molecule has 0 fully saturated rings. The van der Waals surface area contributed by atoms with Gasteiger partial charge in [-0.3, -0.25) is 4.98 Å². The third kappa shape index (κ3) is 2.13. The molecule has 0 saturated heterocycles. The van der Waals surface area contributed by atoms with E-state index >= 15 is 0 Å². The molecule has 0 radical (unpaired) electrons. The average molecular weight is 300 g/mol. The highest BCUT2D eigenvalue weighted by Crippen LogP contribution is 2.34. The van der Waals surface area contributed by atoms with Crippen molar-refractivity contribution in [2.24, 2.45) is 0 Å². The number of carbonyl (C=O) groups is 1. The molecule has 3 aromatic rings. The van der Waals surface area contributed by atoms with E-state index in [4.69, 9.17) is 14.2 Å². The van der Waals surface area contributed by atoms with Crippen molar-refractivity contribution in [1.29, 1.82) is 0 Å². The molecule has 2 aromatic heterocycles. The number of nitrogens with zero attached hydrogens (tertiary/aromatic N) is 1. The summed E-state index contributed by atoms with van der Waals surface area (Å²) in [5.41, 5.74) is 2.04. The number of benzene rings is 1. The first-order valence-electron chi connectivity index (χ1n) is 6.88. The van der Waals surface area contributed by atoms with Crippen molar-refractivity contribution in [3.8, 4) is 11.5 Å². The van der Waals surface area contributed by atoms with Crippen LogP contribution < -0.4 is 9.47 Å². The minimum atomic E-state index is -0.365. The van der Waals surface area contributed by atoms with Gasteiger partial charge in [-0.1, -0.05) is 0 Å². The molecule has 6 heteroatoms. The Bertz CT molecular complexity index is 854. The number of rotatable bonds is 4. The first-order valence-corrected chi connectivity index (χ1v) is 6.88. The summed E-state index contributed by atoms with van der Waals surface area (Å²) in [6.45, 7) is 2.11. The number of carbonyl (C=O) groups excluding carboxylic acids is 1. The zero-order valence-corrected chi connectivity index (χ0v) is 12.6. The highest BCUT2D eigenvalue weighted by Gasteiger charge is 2.16. The van der Waals surface area contributed by atoms with Crippen LogP contribution in [0.15, 0.2) is 24.5 Å². The van der Waals surface area contributed by atoms with E-state index in [2.05, 4.69) is 9.97 Å². The number of hydrogen-bond acceptors (Lipinski definition) is 5. The maximum Gasteiger partial charge on any atom is 0.340 e. The summed E-state index contributed by atoms with van der Waals surface area (Å²) in [6.07, 6.45) is 3.30. The smallest absolute Gasteiger partial charge is 0.340 e. The summed E-state index contributed by atoms with van der Waals surface area (Å²) in [5, 5.41) is 1.57. The molecule has 0 bridgehead atoms. The van der Waals surface area contributed by atoms with E-state index in [1.807, 2.05) is 6.07 Å². The van der Waals surface area contributed by atoms with E-state index in [-0.39, 0.29) is 5.97 Å². The first kappa shape index (κ1) is 14.2. The Morgan fingerprint density at radius 1 is 1.18 bits per heavy atom. The number of pyridine rings is 1. The van der Waals surface area contributed by atoms with Gasteiger partial charge in [-0.25, -0.2) is 4.79 Å². The lowest BCUT2D eigenvalue weighted by atomic mass is 10.1. The van der Waals surface area contributed by atoms with Gasteiger partial charge < -0.3 is 19.2 Å². The molecule has 1 aromatic carbocycles. The summed E-state index contributed by atoms with van der Waals surface area (Å²) in [6, 6.07) is 3.65. The minimum absolute atomic E-state index is 0.331. The largest absolute Gasteiger partial charge is 0.493 e. The summed E-state index contributed by atoms with van der Waals surface area (Å²) in [5.74, 6) is 0.853. The highest BCUT2D eigenvalue weighted by molar-refractivity contribution is 6.12. The van der Waals surface area contributed by atoms with Gasteiger partial charge in [-0.15, -0.1) is 0 Å². The van der Waals surface area contributed by atoms with Crippen LogP contribution in [0.5, 0.6) is 11.5 Å². The zero-order chi connectivity index (χ0) is 15.7. The SMILES string of the molecule is CCOC(=O)c1c[nH]c2c1cnc1cc(OC)c(OC)cc12. The van der Waals surface area contributed by atoms with Gasteiger partial charge in [0, 0.05) is 29.2 Å². The van der Waals surface area contributed by atoms with E-state index in [9.17, 15) is 4.79 Å². The van der Waals surface area contributed by atoms with E-state index in [0.29, 0.717) is 23.7 Å². The van der Waals surface area contributed by atoms with Crippen molar-refractivity contribution in [3.63, 3.8) is 0 Å². The normalized spacial score (nSPS) is 10.9. The fraction of sp³-hybridized carbons (Fsp3) is 0.250. The van der Waals surface area contributed by atoms with Crippen molar-refractivity contribution in [2.45, 2.75) is 6.92 Å². The van der Waals surface area contributed by atoms with Crippen LogP contribution in [-0.4, -0.2) is 36.8 Å². The van der Waals surface area contributed by atoms with Crippen LogP contribution in [0.1, 0.15) is 17.3 Å². The maximum atomic E-state index is 12.0. The Morgan fingerprint density at radius 2 is 1.91 bits per heavy atom. The van der Waals surface area contributed by atoms with Gasteiger partial charge in [-0.05, 0) is 13.0 Å². The second-order valence-corrected chi connectivity index (χ2v) is 4.69. The summed E-state index contributed by atoms with van der Waals surface area (Å²) in [4.78, 5) is 19.5. The molecular weight excluding hydrogens is 284 g/mol. The molecule has 0 aliphatic heterocycles. The maximum absolute atomic E-state index is 12.0. The first-order chi connectivity index (χ1) is 10.7. The molecule has 0 aliphatic rings. The molecule has 6 nitrogen and oxygen atoms in total. The third-order valence-corrected chi connectivity index (χ3v) is 3.52. The van der Waals surface area contributed by atoms with Gasteiger partial charge in [0.1, 0.15) is 0 Å². The number of aromatic amines is 1. The molecule has 1 N–H and O–H groups in total. The van der Waals surface area contributed by atoms with Crippen molar-refractivity contribution in [2.75, 3.05) is 20.8 Å².